The highest BCUT2D eigenvalue weighted by Crippen LogP contribution is 2.13. The SMILES string of the molecule is O=C(c1ccnnc1)N1CCCn2c(nc(Cn3ccnc3)cc2=O)C1. The third kappa shape index (κ3) is 3.23. The molecule has 0 aromatic carbocycles. The fourth-order valence-electron chi connectivity index (χ4n) is 3.06. The Bertz CT molecular complexity index is 967. The van der Waals surface area contributed by atoms with Crippen molar-refractivity contribution in [2.45, 2.75) is 26.1 Å². The zero-order valence-corrected chi connectivity index (χ0v) is 14.0. The van der Waals surface area contributed by atoms with Gasteiger partial charge in [-0.1, -0.05) is 0 Å². The van der Waals surface area contributed by atoms with Crippen LogP contribution in [0, 0.1) is 0 Å². The molecule has 3 aromatic heterocycles. The van der Waals surface area contributed by atoms with E-state index in [1.807, 2.05) is 10.8 Å². The minimum Gasteiger partial charge on any atom is -0.331 e. The predicted octanol–water partition coefficient (Wildman–Crippen LogP) is 0.324. The minimum absolute atomic E-state index is 0.0926. The fraction of sp³-hybridized carbons (Fsp3) is 0.294. The number of hydrogen-bond donors (Lipinski definition) is 0. The number of aromatic nitrogens is 6. The van der Waals surface area contributed by atoms with Crippen LogP contribution >= 0.6 is 0 Å². The molecule has 3 aromatic rings. The smallest absolute Gasteiger partial charge is 0.255 e. The lowest BCUT2D eigenvalue weighted by Gasteiger charge is -2.20. The van der Waals surface area contributed by atoms with E-state index in [0.717, 1.165) is 0 Å². The number of carbonyl (C=O) groups excluding carboxylic acids is 1. The molecule has 26 heavy (non-hydrogen) atoms. The second-order valence-electron chi connectivity index (χ2n) is 6.10. The molecular weight excluding hydrogens is 334 g/mol. The van der Waals surface area contributed by atoms with E-state index in [1.54, 1.807) is 34.1 Å². The zero-order valence-electron chi connectivity index (χ0n) is 14.0. The molecule has 1 aliphatic rings. The summed E-state index contributed by atoms with van der Waals surface area (Å²) in [5, 5.41) is 7.46. The molecule has 0 atom stereocenters. The van der Waals surface area contributed by atoms with E-state index in [-0.39, 0.29) is 18.0 Å². The van der Waals surface area contributed by atoms with Gasteiger partial charge in [-0.05, 0) is 12.5 Å². The molecule has 1 amide bonds. The Morgan fingerprint density at radius 1 is 1.19 bits per heavy atom. The van der Waals surface area contributed by atoms with Crippen LogP contribution in [0.15, 0.2) is 48.0 Å². The Balaban J connectivity index is 1.63. The molecule has 0 N–H and O–H groups in total. The first-order chi connectivity index (χ1) is 12.7. The van der Waals surface area contributed by atoms with Crippen LogP contribution in [0.3, 0.4) is 0 Å². The maximum absolute atomic E-state index is 12.7. The number of hydrogen-bond acceptors (Lipinski definition) is 6. The molecule has 0 saturated heterocycles. The van der Waals surface area contributed by atoms with E-state index in [2.05, 4.69) is 20.2 Å². The van der Waals surface area contributed by atoms with Gasteiger partial charge in [-0.2, -0.15) is 10.2 Å². The van der Waals surface area contributed by atoms with Crippen molar-refractivity contribution in [2.24, 2.45) is 0 Å². The predicted molar refractivity (Wildman–Crippen MR) is 91.2 cm³/mol. The molecule has 0 spiro atoms. The lowest BCUT2D eigenvalue weighted by Crippen LogP contribution is -2.32. The molecule has 0 saturated carbocycles. The van der Waals surface area contributed by atoms with Gasteiger partial charge >= 0.3 is 0 Å². The van der Waals surface area contributed by atoms with Gasteiger partial charge in [0.2, 0.25) is 0 Å². The van der Waals surface area contributed by atoms with Crippen molar-refractivity contribution in [1.82, 2.24) is 34.2 Å². The Labute approximate surface area is 149 Å². The van der Waals surface area contributed by atoms with Gasteiger partial charge in [0.1, 0.15) is 5.82 Å². The van der Waals surface area contributed by atoms with Crippen LogP contribution in [0.5, 0.6) is 0 Å². The Morgan fingerprint density at radius 3 is 2.88 bits per heavy atom. The highest BCUT2D eigenvalue weighted by atomic mass is 16.2. The molecule has 4 heterocycles. The third-order valence-corrected chi connectivity index (χ3v) is 4.30. The molecule has 0 unspecified atom stereocenters. The van der Waals surface area contributed by atoms with Crippen LogP contribution in [0.4, 0.5) is 0 Å². The van der Waals surface area contributed by atoms with Crippen molar-refractivity contribution in [3.8, 4) is 0 Å². The van der Waals surface area contributed by atoms with Crippen LogP contribution in [-0.4, -0.2) is 46.7 Å². The van der Waals surface area contributed by atoms with Crippen molar-refractivity contribution in [3.05, 3.63) is 70.7 Å². The Hall–Kier alpha value is -3.36. The summed E-state index contributed by atoms with van der Waals surface area (Å²) < 4.78 is 3.50. The van der Waals surface area contributed by atoms with Crippen LogP contribution in [0.25, 0.3) is 0 Å². The summed E-state index contributed by atoms with van der Waals surface area (Å²) >= 11 is 0. The van der Waals surface area contributed by atoms with Gasteiger partial charge in [0.25, 0.3) is 11.5 Å². The van der Waals surface area contributed by atoms with Gasteiger partial charge in [0, 0.05) is 31.5 Å². The van der Waals surface area contributed by atoms with Crippen LogP contribution in [0.1, 0.15) is 28.3 Å². The lowest BCUT2D eigenvalue weighted by molar-refractivity contribution is 0.0743. The third-order valence-electron chi connectivity index (χ3n) is 4.30. The Kier molecular flexibility index (Phi) is 4.26. The van der Waals surface area contributed by atoms with E-state index in [0.29, 0.717) is 43.1 Å². The molecule has 0 radical (unpaired) electrons. The molecular formula is C17H17N7O2. The van der Waals surface area contributed by atoms with Crippen molar-refractivity contribution < 1.29 is 4.79 Å². The van der Waals surface area contributed by atoms with Crippen molar-refractivity contribution in [1.29, 1.82) is 0 Å². The van der Waals surface area contributed by atoms with Crippen molar-refractivity contribution in [2.75, 3.05) is 6.54 Å². The lowest BCUT2D eigenvalue weighted by atomic mass is 10.2. The number of fused-ring (bicyclic) bond motifs is 1. The van der Waals surface area contributed by atoms with Gasteiger partial charge in [-0.15, -0.1) is 0 Å². The quantitative estimate of drug-likeness (QED) is 0.674. The standard InChI is InChI=1S/C17H17N7O2/c25-16-8-14(10-22-7-4-18-12-22)21-15-11-23(5-1-6-24(15)16)17(26)13-2-3-19-20-9-13/h2-4,7-9,12H,1,5-6,10-11H2. The average Bonchev–Trinajstić information content (AvgIpc) is 3.06. The molecule has 0 fully saturated rings. The van der Waals surface area contributed by atoms with Gasteiger partial charge in [-0.25, -0.2) is 9.97 Å². The highest BCUT2D eigenvalue weighted by Gasteiger charge is 2.22. The largest absolute Gasteiger partial charge is 0.331 e. The number of amides is 1. The topological polar surface area (TPSA) is 98.8 Å². The van der Waals surface area contributed by atoms with Crippen LogP contribution in [0.2, 0.25) is 0 Å². The van der Waals surface area contributed by atoms with Gasteiger partial charge in [0.15, 0.2) is 0 Å². The summed E-state index contributed by atoms with van der Waals surface area (Å²) in [5.41, 5.74) is 1.04. The van der Waals surface area contributed by atoms with E-state index >= 15 is 0 Å². The van der Waals surface area contributed by atoms with E-state index in [1.165, 1.54) is 12.4 Å². The molecule has 0 bridgehead atoms. The molecule has 9 heteroatoms. The number of rotatable bonds is 3. The minimum atomic E-state index is -0.136. The summed E-state index contributed by atoms with van der Waals surface area (Å²) in [7, 11) is 0. The normalized spacial score (nSPS) is 13.9. The maximum Gasteiger partial charge on any atom is 0.255 e. The number of carbonyl (C=O) groups is 1. The number of nitrogens with zero attached hydrogens (tertiary/aromatic N) is 7. The van der Waals surface area contributed by atoms with E-state index in [9.17, 15) is 9.59 Å². The zero-order chi connectivity index (χ0) is 17.9. The first-order valence-corrected chi connectivity index (χ1v) is 8.32. The molecule has 1 aliphatic heterocycles. The van der Waals surface area contributed by atoms with Gasteiger partial charge < -0.3 is 9.47 Å². The van der Waals surface area contributed by atoms with Crippen molar-refractivity contribution >= 4 is 5.91 Å². The summed E-state index contributed by atoms with van der Waals surface area (Å²) in [6.45, 7) is 1.85. The molecule has 0 aliphatic carbocycles. The second-order valence-corrected chi connectivity index (χ2v) is 6.10. The first kappa shape index (κ1) is 16.1. The van der Waals surface area contributed by atoms with Gasteiger partial charge in [0.05, 0.1) is 43.1 Å². The Morgan fingerprint density at radius 2 is 2.12 bits per heavy atom. The molecule has 9 nitrogen and oxygen atoms in total. The summed E-state index contributed by atoms with van der Waals surface area (Å²) in [5.74, 6) is 0.461. The average molecular weight is 351 g/mol. The fourth-order valence-corrected chi connectivity index (χ4v) is 3.06. The van der Waals surface area contributed by atoms with Crippen molar-refractivity contribution in [3.63, 3.8) is 0 Å². The van der Waals surface area contributed by atoms with Crippen LogP contribution < -0.4 is 5.56 Å². The highest BCUT2D eigenvalue weighted by molar-refractivity contribution is 5.93. The molecule has 132 valence electrons. The van der Waals surface area contributed by atoms with E-state index < -0.39 is 0 Å². The maximum atomic E-state index is 12.7. The van der Waals surface area contributed by atoms with E-state index in [4.69, 9.17) is 0 Å². The van der Waals surface area contributed by atoms with Crippen LogP contribution in [-0.2, 0) is 19.6 Å². The van der Waals surface area contributed by atoms with Gasteiger partial charge in [-0.3, -0.25) is 14.2 Å². The second kappa shape index (κ2) is 6.87. The summed E-state index contributed by atoms with van der Waals surface area (Å²) in [4.78, 5) is 35.5. The molecule has 4 rings (SSSR count). The number of imidazole rings is 1. The monoisotopic (exact) mass is 351 g/mol. The first-order valence-electron chi connectivity index (χ1n) is 8.32. The summed E-state index contributed by atoms with van der Waals surface area (Å²) in [6.07, 6.45) is 8.81. The summed E-state index contributed by atoms with van der Waals surface area (Å²) in [6, 6.07) is 3.18.